The van der Waals surface area contributed by atoms with Gasteiger partial charge in [-0.2, -0.15) is 0 Å². The monoisotopic (exact) mass is 291 g/mol. The zero-order chi connectivity index (χ0) is 15.4. The van der Waals surface area contributed by atoms with Gasteiger partial charge in [0.1, 0.15) is 5.82 Å². The first kappa shape index (κ1) is 15.5. The Morgan fingerprint density at radius 3 is 2.86 bits per heavy atom. The van der Waals surface area contributed by atoms with Gasteiger partial charge < -0.3 is 14.8 Å². The van der Waals surface area contributed by atoms with Crippen molar-refractivity contribution in [3.63, 3.8) is 0 Å². The molecule has 2 rings (SSSR count). The largest absolute Gasteiger partial charge is 0.481 e. The van der Waals surface area contributed by atoms with Crippen molar-refractivity contribution in [1.29, 1.82) is 0 Å². The normalized spacial score (nSPS) is 11.4. The Hall–Kier alpha value is -1.92. The van der Waals surface area contributed by atoms with Crippen molar-refractivity contribution < 1.29 is 15.0 Å². The summed E-state index contributed by atoms with van der Waals surface area (Å²) in [5, 5.41) is 17.9. The van der Waals surface area contributed by atoms with Gasteiger partial charge in [0.15, 0.2) is 0 Å². The number of aliphatic hydroxyl groups excluding tert-OH is 1. The lowest BCUT2D eigenvalue weighted by Crippen LogP contribution is -2.24. The number of nitrogens with zero attached hydrogens (tertiary/aromatic N) is 3. The molecule has 6 heteroatoms. The van der Waals surface area contributed by atoms with Crippen molar-refractivity contribution in [3.05, 3.63) is 29.6 Å². The summed E-state index contributed by atoms with van der Waals surface area (Å²) in [5.41, 5.74) is 2.96. The van der Waals surface area contributed by atoms with Crippen molar-refractivity contribution in [3.8, 4) is 0 Å². The van der Waals surface area contributed by atoms with Crippen LogP contribution in [0, 0.1) is 6.92 Å². The molecule has 114 valence electrons. The third-order valence-electron chi connectivity index (χ3n) is 3.43. The van der Waals surface area contributed by atoms with Gasteiger partial charge in [-0.15, -0.1) is 0 Å². The van der Waals surface area contributed by atoms with E-state index in [-0.39, 0.29) is 13.0 Å². The summed E-state index contributed by atoms with van der Waals surface area (Å²) < 4.78 is 1.96. The fraction of sp³-hybridized carbons (Fsp3) is 0.467. The highest BCUT2D eigenvalue weighted by atomic mass is 16.4. The molecule has 1 aromatic carbocycles. The van der Waals surface area contributed by atoms with Crippen molar-refractivity contribution in [2.75, 3.05) is 20.2 Å². The number of carboxylic acid groups (broad SMARTS) is 1. The highest BCUT2D eigenvalue weighted by Crippen LogP contribution is 2.19. The first-order valence-corrected chi connectivity index (χ1v) is 6.98. The van der Waals surface area contributed by atoms with Gasteiger partial charge in [-0.3, -0.25) is 9.69 Å². The molecule has 0 unspecified atom stereocenters. The number of hydrogen-bond acceptors (Lipinski definition) is 4. The molecule has 0 amide bonds. The molecule has 0 radical (unpaired) electrons. The standard InChI is InChI=1S/C15H21N3O3/c1-11-3-4-13-12(9-11)16-14(10-17(2)7-8-19)18(13)6-5-15(20)21/h3-4,9,19H,5-8,10H2,1-2H3,(H,20,21). The third kappa shape index (κ3) is 3.80. The molecule has 0 atom stereocenters. The average molecular weight is 291 g/mol. The number of aromatic nitrogens is 2. The Labute approximate surface area is 123 Å². The molecule has 0 aliphatic heterocycles. The van der Waals surface area contributed by atoms with Crippen LogP contribution in [0.25, 0.3) is 11.0 Å². The van der Waals surface area contributed by atoms with E-state index in [0.29, 0.717) is 19.6 Å². The summed E-state index contributed by atoms with van der Waals surface area (Å²) in [6.45, 7) is 3.63. The number of benzene rings is 1. The fourth-order valence-electron chi connectivity index (χ4n) is 2.36. The van der Waals surface area contributed by atoms with Crippen molar-refractivity contribution >= 4 is 17.0 Å². The molecule has 6 nitrogen and oxygen atoms in total. The van der Waals surface area contributed by atoms with Crippen LogP contribution in [-0.4, -0.2) is 50.8 Å². The Balaban J connectivity index is 2.36. The molecule has 0 spiro atoms. The Morgan fingerprint density at radius 1 is 1.43 bits per heavy atom. The molecule has 2 aromatic rings. The lowest BCUT2D eigenvalue weighted by Gasteiger charge is -2.15. The average Bonchev–Trinajstić information content (AvgIpc) is 2.72. The van der Waals surface area contributed by atoms with Gasteiger partial charge in [-0.1, -0.05) is 6.07 Å². The van der Waals surface area contributed by atoms with Crippen LogP contribution >= 0.6 is 0 Å². The van der Waals surface area contributed by atoms with E-state index in [0.717, 1.165) is 22.4 Å². The molecule has 21 heavy (non-hydrogen) atoms. The second-order valence-corrected chi connectivity index (χ2v) is 5.28. The van der Waals surface area contributed by atoms with Crippen molar-refractivity contribution in [2.45, 2.75) is 26.4 Å². The van der Waals surface area contributed by atoms with Gasteiger partial charge >= 0.3 is 5.97 Å². The predicted octanol–water partition coefficient (Wildman–Crippen LogP) is 1.24. The number of hydrogen-bond donors (Lipinski definition) is 2. The third-order valence-corrected chi connectivity index (χ3v) is 3.43. The molecular formula is C15H21N3O3. The summed E-state index contributed by atoms with van der Waals surface area (Å²) in [6, 6.07) is 5.99. The summed E-state index contributed by atoms with van der Waals surface area (Å²) >= 11 is 0. The summed E-state index contributed by atoms with van der Waals surface area (Å²) in [7, 11) is 1.91. The van der Waals surface area contributed by atoms with E-state index in [1.807, 2.05) is 41.6 Å². The van der Waals surface area contributed by atoms with Crippen LogP contribution in [-0.2, 0) is 17.9 Å². The predicted molar refractivity (Wildman–Crippen MR) is 80.1 cm³/mol. The van der Waals surface area contributed by atoms with Gasteiger partial charge in [0.25, 0.3) is 0 Å². The minimum absolute atomic E-state index is 0.0655. The number of carbonyl (C=O) groups is 1. The number of likely N-dealkylation sites (N-methyl/N-ethyl adjacent to an activating group) is 1. The van der Waals surface area contributed by atoms with E-state index in [4.69, 9.17) is 10.2 Å². The molecule has 1 heterocycles. The maximum Gasteiger partial charge on any atom is 0.305 e. The van der Waals surface area contributed by atoms with Crippen LogP contribution in [0.2, 0.25) is 0 Å². The number of imidazole rings is 1. The van der Waals surface area contributed by atoms with Crippen molar-refractivity contribution in [2.24, 2.45) is 0 Å². The summed E-state index contributed by atoms with van der Waals surface area (Å²) in [6.07, 6.45) is 0.0655. The smallest absolute Gasteiger partial charge is 0.305 e. The molecule has 2 N–H and O–H groups in total. The highest BCUT2D eigenvalue weighted by molar-refractivity contribution is 5.77. The summed E-state index contributed by atoms with van der Waals surface area (Å²) in [5.74, 6) is 0.00595. The molecule has 0 fully saturated rings. The number of fused-ring (bicyclic) bond motifs is 1. The number of aliphatic hydroxyl groups is 1. The van der Waals surface area contributed by atoms with Crippen molar-refractivity contribution in [1.82, 2.24) is 14.5 Å². The van der Waals surface area contributed by atoms with Gasteiger partial charge in [0.05, 0.1) is 30.6 Å². The van der Waals surface area contributed by atoms with E-state index in [1.54, 1.807) is 0 Å². The van der Waals surface area contributed by atoms with Gasteiger partial charge in [0.2, 0.25) is 0 Å². The van der Waals surface area contributed by atoms with Crippen LogP contribution in [0.15, 0.2) is 18.2 Å². The van der Waals surface area contributed by atoms with E-state index < -0.39 is 5.97 Å². The first-order valence-electron chi connectivity index (χ1n) is 6.98. The Morgan fingerprint density at radius 2 is 2.19 bits per heavy atom. The molecule has 0 saturated heterocycles. The van der Waals surface area contributed by atoms with Gasteiger partial charge in [0, 0.05) is 13.1 Å². The number of carboxylic acids is 1. The van der Waals surface area contributed by atoms with E-state index in [9.17, 15) is 4.79 Å². The van der Waals surface area contributed by atoms with E-state index in [2.05, 4.69) is 4.98 Å². The number of aryl methyl sites for hydroxylation is 2. The maximum absolute atomic E-state index is 10.8. The lowest BCUT2D eigenvalue weighted by molar-refractivity contribution is -0.137. The molecule has 0 aliphatic rings. The van der Waals surface area contributed by atoms with Crippen LogP contribution in [0.5, 0.6) is 0 Å². The summed E-state index contributed by atoms with van der Waals surface area (Å²) in [4.78, 5) is 17.4. The molecular weight excluding hydrogens is 270 g/mol. The minimum Gasteiger partial charge on any atom is -0.481 e. The van der Waals surface area contributed by atoms with Crippen LogP contribution in [0.1, 0.15) is 17.8 Å². The second kappa shape index (κ2) is 6.69. The quantitative estimate of drug-likeness (QED) is 0.802. The number of rotatable bonds is 7. The number of aliphatic carboxylic acids is 1. The molecule has 0 saturated carbocycles. The second-order valence-electron chi connectivity index (χ2n) is 5.28. The molecule has 1 aromatic heterocycles. The fourth-order valence-corrected chi connectivity index (χ4v) is 2.36. The SMILES string of the molecule is Cc1ccc2c(c1)nc(CN(C)CCO)n2CCC(=O)O. The van der Waals surface area contributed by atoms with Crippen LogP contribution < -0.4 is 0 Å². The highest BCUT2D eigenvalue weighted by Gasteiger charge is 2.13. The Kier molecular flexibility index (Phi) is 4.93. The minimum atomic E-state index is -0.821. The Bertz CT molecular complexity index is 636. The zero-order valence-electron chi connectivity index (χ0n) is 12.4. The lowest BCUT2D eigenvalue weighted by atomic mass is 10.2. The van der Waals surface area contributed by atoms with Gasteiger partial charge in [-0.05, 0) is 31.7 Å². The maximum atomic E-state index is 10.8. The molecule has 0 aliphatic carbocycles. The van der Waals surface area contributed by atoms with Crippen LogP contribution in [0.4, 0.5) is 0 Å². The van der Waals surface area contributed by atoms with E-state index >= 15 is 0 Å². The van der Waals surface area contributed by atoms with E-state index in [1.165, 1.54) is 0 Å². The first-order chi connectivity index (χ1) is 10.0. The topological polar surface area (TPSA) is 78.6 Å². The van der Waals surface area contributed by atoms with Crippen LogP contribution in [0.3, 0.4) is 0 Å². The molecule has 0 bridgehead atoms. The zero-order valence-corrected chi connectivity index (χ0v) is 12.4. The van der Waals surface area contributed by atoms with Gasteiger partial charge in [-0.25, -0.2) is 4.98 Å².